The van der Waals surface area contributed by atoms with E-state index >= 15 is 0 Å². The highest BCUT2D eigenvalue weighted by Gasteiger charge is 2.37. The van der Waals surface area contributed by atoms with Gasteiger partial charge in [-0.15, -0.1) is 0 Å². The predicted molar refractivity (Wildman–Crippen MR) is 81.4 cm³/mol. The number of hydrogen-bond donors (Lipinski definition) is 1. The third-order valence-electron chi connectivity index (χ3n) is 4.38. The predicted octanol–water partition coefficient (Wildman–Crippen LogP) is 2.30. The Balaban J connectivity index is 1.83. The van der Waals surface area contributed by atoms with Gasteiger partial charge in [-0.05, 0) is 31.9 Å². The molecule has 1 saturated carbocycles. The van der Waals surface area contributed by atoms with E-state index in [1.165, 1.54) is 12.8 Å². The van der Waals surface area contributed by atoms with Crippen molar-refractivity contribution in [3.05, 3.63) is 23.9 Å². The molecular weight excluding hydrogens is 266 g/mol. The molecular formula is C16H23N3O2. The van der Waals surface area contributed by atoms with Crippen LogP contribution in [0.25, 0.3) is 0 Å². The van der Waals surface area contributed by atoms with Gasteiger partial charge in [0.1, 0.15) is 5.82 Å². The minimum absolute atomic E-state index is 0.0826. The van der Waals surface area contributed by atoms with E-state index in [1.54, 1.807) is 6.20 Å². The van der Waals surface area contributed by atoms with Gasteiger partial charge in [0.05, 0.1) is 24.3 Å². The Morgan fingerprint density at radius 2 is 2.33 bits per heavy atom. The van der Waals surface area contributed by atoms with Gasteiger partial charge in [-0.2, -0.15) is 0 Å². The first-order valence-electron chi connectivity index (χ1n) is 7.92. The topological polar surface area (TPSA) is 54.5 Å². The molecule has 21 heavy (non-hydrogen) atoms. The van der Waals surface area contributed by atoms with E-state index in [-0.39, 0.29) is 18.1 Å². The molecule has 1 aliphatic heterocycles. The molecule has 1 amide bonds. The number of nitrogens with zero attached hydrogens (tertiary/aromatic N) is 2. The fraction of sp³-hybridized carbons (Fsp3) is 0.625. The molecule has 2 atom stereocenters. The second-order valence-corrected chi connectivity index (χ2v) is 5.69. The lowest BCUT2D eigenvalue weighted by atomic mass is 9.89. The number of anilines is 1. The zero-order valence-corrected chi connectivity index (χ0v) is 12.5. The Bertz CT molecular complexity index is 504. The second-order valence-electron chi connectivity index (χ2n) is 5.69. The Kier molecular flexibility index (Phi) is 4.39. The zero-order chi connectivity index (χ0) is 14.7. The lowest BCUT2D eigenvalue weighted by molar-refractivity contribution is -0.0752. The molecule has 3 rings (SSSR count). The number of hydrogen-bond acceptors (Lipinski definition) is 4. The average molecular weight is 289 g/mol. The lowest BCUT2D eigenvalue weighted by Gasteiger charge is -2.43. The maximum absolute atomic E-state index is 12.9. The third kappa shape index (κ3) is 2.88. The first-order chi connectivity index (χ1) is 10.3. The summed E-state index contributed by atoms with van der Waals surface area (Å²) in [6.07, 6.45) is 6.45. The van der Waals surface area contributed by atoms with Gasteiger partial charge in [-0.3, -0.25) is 4.79 Å². The van der Waals surface area contributed by atoms with Gasteiger partial charge in [-0.1, -0.05) is 12.8 Å². The average Bonchev–Trinajstić information content (AvgIpc) is 2.54. The van der Waals surface area contributed by atoms with Crippen molar-refractivity contribution in [1.82, 2.24) is 9.88 Å². The van der Waals surface area contributed by atoms with Crippen molar-refractivity contribution in [1.29, 1.82) is 0 Å². The van der Waals surface area contributed by atoms with E-state index in [2.05, 4.69) is 10.3 Å². The molecule has 0 radical (unpaired) electrons. The number of amides is 1. The number of pyridine rings is 1. The van der Waals surface area contributed by atoms with Crippen LogP contribution >= 0.6 is 0 Å². The van der Waals surface area contributed by atoms with Gasteiger partial charge in [-0.25, -0.2) is 4.98 Å². The summed E-state index contributed by atoms with van der Waals surface area (Å²) < 4.78 is 5.85. The van der Waals surface area contributed by atoms with Crippen molar-refractivity contribution in [2.24, 2.45) is 0 Å². The molecule has 1 N–H and O–H groups in total. The number of rotatable bonds is 3. The van der Waals surface area contributed by atoms with Gasteiger partial charge < -0.3 is 15.0 Å². The van der Waals surface area contributed by atoms with Crippen LogP contribution in [-0.4, -0.2) is 47.6 Å². The van der Waals surface area contributed by atoms with Crippen LogP contribution < -0.4 is 5.32 Å². The van der Waals surface area contributed by atoms with Gasteiger partial charge in [0.15, 0.2) is 0 Å². The summed E-state index contributed by atoms with van der Waals surface area (Å²) in [6.45, 7) is 4.09. The summed E-state index contributed by atoms with van der Waals surface area (Å²) in [7, 11) is 0. The Morgan fingerprint density at radius 3 is 3.19 bits per heavy atom. The number of ether oxygens (including phenoxy) is 1. The summed E-state index contributed by atoms with van der Waals surface area (Å²) in [5, 5.41) is 3.18. The number of aromatic nitrogens is 1. The number of carbonyl (C=O) groups excluding carboxylic acids is 1. The number of carbonyl (C=O) groups is 1. The maximum Gasteiger partial charge on any atom is 0.258 e. The normalized spacial score (nSPS) is 25.3. The molecule has 0 aromatic carbocycles. The quantitative estimate of drug-likeness (QED) is 0.927. The SMILES string of the molecule is CCNc1ncccc1C(=O)N1CCOC2CCCCC21. The molecule has 1 saturated heterocycles. The summed E-state index contributed by atoms with van der Waals surface area (Å²) in [4.78, 5) is 19.2. The van der Waals surface area contributed by atoms with Crippen molar-refractivity contribution in [3.8, 4) is 0 Å². The van der Waals surface area contributed by atoms with Crippen molar-refractivity contribution >= 4 is 11.7 Å². The van der Waals surface area contributed by atoms with Crippen LogP contribution in [-0.2, 0) is 4.74 Å². The van der Waals surface area contributed by atoms with Crippen molar-refractivity contribution in [2.75, 3.05) is 25.0 Å². The standard InChI is InChI=1S/C16H23N3O2/c1-2-17-15-12(6-5-9-18-15)16(20)19-10-11-21-14-8-4-3-7-13(14)19/h5-6,9,13-14H,2-4,7-8,10-11H2,1H3,(H,17,18). The van der Waals surface area contributed by atoms with Crippen LogP contribution in [0.3, 0.4) is 0 Å². The van der Waals surface area contributed by atoms with Crippen LogP contribution in [0.4, 0.5) is 5.82 Å². The van der Waals surface area contributed by atoms with E-state index in [9.17, 15) is 4.79 Å². The minimum Gasteiger partial charge on any atom is -0.374 e. The number of fused-ring (bicyclic) bond motifs is 1. The zero-order valence-electron chi connectivity index (χ0n) is 12.5. The van der Waals surface area contributed by atoms with Crippen LogP contribution in [0.1, 0.15) is 43.0 Å². The largest absolute Gasteiger partial charge is 0.374 e. The molecule has 0 bridgehead atoms. The van der Waals surface area contributed by atoms with Crippen molar-refractivity contribution < 1.29 is 9.53 Å². The van der Waals surface area contributed by atoms with E-state index in [4.69, 9.17) is 4.74 Å². The van der Waals surface area contributed by atoms with Gasteiger partial charge in [0.25, 0.3) is 5.91 Å². The highest BCUT2D eigenvalue weighted by atomic mass is 16.5. The highest BCUT2D eigenvalue weighted by molar-refractivity contribution is 5.99. The highest BCUT2D eigenvalue weighted by Crippen LogP contribution is 2.30. The monoisotopic (exact) mass is 289 g/mol. The number of morpholine rings is 1. The van der Waals surface area contributed by atoms with Gasteiger partial charge in [0.2, 0.25) is 0 Å². The third-order valence-corrected chi connectivity index (χ3v) is 4.38. The molecule has 2 unspecified atom stereocenters. The Morgan fingerprint density at radius 1 is 1.48 bits per heavy atom. The molecule has 5 nitrogen and oxygen atoms in total. The fourth-order valence-corrected chi connectivity index (χ4v) is 3.39. The summed E-state index contributed by atoms with van der Waals surface area (Å²) in [5.74, 6) is 0.767. The molecule has 2 aliphatic rings. The van der Waals surface area contributed by atoms with E-state index in [1.807, 2.05) is 24.0 Å². The summed E-state index contributed by atoms with van der Waals surface area (Å²) in [5.41, 5.74) is 0.672. The summed E-state index contributed by atoms with van der Waals surface area (Å²) >= 11 is 0. The Labute approximate surface area is 125 Å². The first kappa shape index (κ1) is 14.3. The molecule has 0 spiro atoms. The van der Waals surface area contributed by atoms with Crippen LogP contribution in [0.15, 0.2) is 18.3 Å². The molecule has 5 heteroatoms. The molecule has 1 aliphatic carbocycles. The minimum atomic E-state index is 0.0826. The van der Waals surface area contributed by atoms with Gasteiger partial charge >= 0.3 is 0 Å². The molecule has 114 valence electrons. The number of nitrogens with one attached hydrogen (secondary N) is 1. The van der Waals surface area contributed by atoms with Crippen LogP contribution in [0, 0.1) is 0 Å². The fourth-order valence-electron chi connectivity index (χ4n) is 3.39. The van der Waals surface area contributed by atoms with Crippen LogP contribution in [0.5, 0.6) is 0 Å². The maximum atomic E-state index is 12.9. The smallest absolute Gasteiger partial charge is 0.258 e. The summed E-state index contributed by atoms with van der Waals surface area (Å²) in [6, 6.07) is 3.92. The van der Waals surface area contributed by atoms with E-state index in [0.717, 1.165) is 19.4 Å². The first-order valence-corrected chi connectivity index (χ1v) is 7.92. The van der Waals surface area contributed by atoms with E-state index in [0.29, 0.717) is 24.5 Å². The van der Waals surface area contributed by atoms with Gasteiger partial charge in [0, 0.05) is 19.3 Å². The van der Waals surface area contributed by atoms with Crippen molar-refractivity contribution in [2.45, 2.75) is 44.8 Å². The second kappa shape index (κ2) is 6.43. The molecule has 1 aromatic rings. The van der Waals surface area contributed by atoms with Crippen LogP contribution in [0.2, 0.25) is 0 Å². The molecule has 1 aromatic heterocycles. The molecule has 2 heterocycles. The lowest BCUT2D eigenvalue weighted by Crippen LogP contribution is -2.54. The van der Waals surface area contributed by atoms with E-state index < -0.39 is 0 Å². The molecule has 2 fully saturated rings. The Hall–Kier alpha value is -1.62. The van der Waals surface area contributed by atoms with Crippen molar-refractivity contribution in [3.63, 3.8) is 0 Å².